The number of H-pyrrole nitrogens is 1. The van der Waals surface area contributed by atoms with Gasteiger partial charge >= 0.3 is 0 Å². The number of aromatic amines is 1. The molecule has 3 heterocycles. The molecular formula is C25H26N4. The first-order chi connectivity index (χ1) is 14.3. The van der Waals surface area contributed by atoms with Crippen LogP contribution in [0.5, 0.6) is 0 Å². The number of nitrogens with one attached hydrogen (secondary N) is 1. The molecular weight excluding hydrogens is 356 g/mol. The summed E-state index contributed by atoms with van der Waals surface area (Å²) in [4.78, 5) is 7.09. The Hall–Kier alpha value is -2.98. The van der Waals surface area contributed by atoms with Gasteiger partial charge in [0.2, 0.25) is 0 Å². The molecule has 146 valence electrons. The maximum absolute atomic E-state index is 4.51. The Morgan fingerprint density at radius 1 is 1.10 bits per heavy atom. The molecule has 4 nitrogen and oxygen atoms in total. The number of hydrogen-bond donors (Lipinski definition) is 1. The van der Waals surface area contributed by atoms with Crippen LogP contribution in [0.4, 0.5) is 0 Å². The van der Waals surface area contributed by atoms with Gasteiger partial charge in [0.15, 0.2) is 0 Å². The molecule has 0 radical (unpaired) electrons. The highest BCUT2D eigenvalue weighted by Gasteiger charge is 2.25. The SMILES string of the molecule is Cc1cccc(-c2cn[nH]c2C2CCCN(Cc3cccc4ncccc34)C2)c1. The molecule has 5 rings (SSSR count). The zero-order valence-electron chi connectivity index (χ0n) is 16.8. The number of fused-ring (bicyclic) bond motifs is 1. The van der Waals surface area contributed by atoms with Gasteiger partial charge in [-0.3, -0.25) is 15.0 Å². The lowest BCUT2D eigenvalue weighted by Crippen LogP contribution is -2.34. The minimum Gasteiger partial charge on any atom is -0.298 e. The van der Waals surface area contributed by atoms with Crippen molar-refractivity contribution in [2.24, 2.45) is 0 Å². The summed E-state index contributed by atoms with van der Waals surface area (Å²) < 4.78 is 0. The number of benzene rings is 2. The highest BCUT2D eigenvalue weighted by Crippen LogP contribution is 2.34. The number of likely N-dealkylation sites (tertiary alicyclic amines) is 1. The van der Waals surface area contributed by atoms with Gasteiger partial charge < -0.3 is 0 Å². The fourth-order valence-corrected chi connectivity index (χ4v) is 4.63. The largest absolute Gasteiger partial charge is 0.298 e. The molecule has 0 spiro atoms. The van der Waals surface area contributed by atoms with Crippen LogP contribution in [0.1, 0.15) is 35.6 Å². The van der Waals surface area contributed by atoms with Gasteiger partial charge in [0.1, 0.15) is 0 Å². The third kappa shape index (κ3) is 3.68. The topological polar surface area (TPSA) is 44.8 Å². The summed E-state index contributed by atoms with van der Waals surface area (Å²) in [5, 5.41) is 8.99. The average Bonchev–Trinajstić information content (AvgIpc) is 3.24. The van der Waals surface area contributed by atoms with E-state index in [1.54, 1.807) is 0 Å². The van der Waals surface area contributed by atoms with E-state index < -0.39 is 0 Å². The zero-order chi connectivity index (χ0) is 19.6. The van der Waals surface area contributed by atoms with E-state index in [9.17, 15) is 0 Å². The molecule has 4 heteroatoms. The van der Waals surface area contributed by atoms with E-state index in [0.29, 0.717) is 5.92 Å². The predicted octanol–water partition coefficient (Wildman–Crippen LogP) is 5.31. The van der Waals surface area contributed by atoms with Gasteiger partial charge in [-0.2, -0.15) is 5.10 Å². The van der Waals surface area contributed by atoms with E-state index in [2.05, 4.69) is 75.5 Å². The van der Waals surface area contributed by atoms with E-state index in [0.717, 1.165) is 25.2 Å². The Kier molecular flexibility index (Phi) is 4.86. The number of hydrogen-bond acceptors (Lipinski definition) is 3. The summed E-state index contributed by atoms with van der Waals surface area (Å²) in [7, 11) is 0. The van der Waals surface area contributed by atoms with E-state index in [1.165, 1.54) is 46.2 Å². The lowest BCUT2D eigenvalue weighted by Gasteiger charge is -2.33. The van der Waals surface area contributed by atoms with E-state index >= 15 is 0 Å². The van der Waals surface area contributed by atoms with Crippen LogP contribution in [0.25, 0.3) is 22.0 Å². The third-order valence-corrected chi connectivity index (χ3v) is 6.04. The van der Waals surface area contributed by atoms with Crippen molar-refractivity contribution >= 4 is 10.9 Å². The first kappa shape index (κ1) is 18.1. The highest BCUT2D eigenvalue weighted by molar-refractivity contribution is 5.81. The van der Waals surface area contributed by atoms with Crippen LogP contribution in [0.15, 0.2) is 67.0 Å². The Morgan fingerprint density at radius 3 is 2.97 bits per heavy atom. The van der Waals surface area contributed by atoms with Crippen LogP contribution in [0, 0.1) is 6.92 Å². The maximum atomic E-state index is 4.51. The van der Waals surface area contributed by atoms with Crippen molar-refractivity contribution in [1.29, 1.82) is 0 Å². The van der Waals surface area contributed by atoms with Crippen molar-refractivity contribution in [1.82, 2.24) is 20.1 Å². The monoisotopic (exact) mass is 382 g/mol. The van der Waals surface area contributed by atoms with Gasteiger partial charge in [0.05, 0.1) is 11.7 Å². The first-order valence-corrected chi connectivity index (χ1v) is 10.4. The minimum atomic E-state index is 0.481. The predicted molar refractivity (Wildman–Crippen MR) is 118 cm³/mol. The maximum Gasteiger partial charge on any atom is 0.0705 e. The lowest BCUT2D eigenvalue weighted by atomic mass is 9.90. The number of pyridine rings is 1. The van der Waals surface area contributed by atoms with Crippen LogP contribution in [0.3, 0.4) is 0 Å². The second-order valence-corrected chi connectivity index (χ2v) is 8.13. The second-order valence-electron chi connectivity index (χ2n) is 8.13. The fraction of sp³-hybridized carbons (Fsp3) is 0.280. The molecule has 1 saturated heterocycles. The number of rotatable bonds is 4. The second kappa shape index (κ2) is 7.80. The smallest absolute Gasteiger partial charge is 0.0705 e. The van der Waals surface area contributed by atoms with E-state index in [4.69, 9.17) is 0 Å². The lowest BCUT2D eigenvalue weighted by molar-refractivity contribution is 0.199. The van der Waals surface area contributed by atoms with Gasteiger partial charge in [-0.15, -0.1) is 0 Å². The van der Waals surface area contributed by atoms with Crippen LogP contribution in [0.2, 0.25) is 0 Å². The summed E-state index contributed by atoms with van der Waals surface area (Å²) in [5.41, 5.74) is 7.50. The Labute approximate surface area is 171 Å². The molecule has 29 heavy (non-hydrogen) atoms. The van der Waals surface area contributed by atoms with Crippen LogP contribution < -0.4 is 0 Å². The molecule has 1 N–H and O–H groups in total. The molecule has 1 aliphatic heterocycles. The molecule has 0 amide bonds. The summed E-state index contributed by atoms with van der Waals surface area (Å²) in [6, 6.07) is 19.4. The molecule has 0 saturated carbocycles. The van der Waals surface area contributed by atoms with Crippen molar-refractivity contribution in [3.05, 3.63) is 83.8 Å². The Bertz CT molecular complexity index is 1130. The van der Waals surface area contributed by atoms with Crippen molar-refractivity contribution in [2.45, 2.75) is 32.2 Å². The number of aryl methyl sites for hydroxylation is 1. The third-order valence-electron chi connectivity index (χ3n) is 6.04. The molecule has 1 fully saturated rings. The number of nitrogens with zero attached hydrogens (tertiary/aromatic N) is 3. The van der Waals surface area contributed by atoms with Gasteiger partial charge in [0, 0.05) is 41.8 Å². The molecule has 2 aromatic carbocycles. The van der Waals surface area contributed by atoms with Crippen molar-refractivity contribution in [3.63, 3.8) is 0 Å². The number of piperidine rings is 1. The quantitative estimate of drug-likeness (QED) is 0.520. The normalized spacial score (nSPS) is 17.6. The standard InChI is InChI=1S/C25H26N4/c1-18-6-2-7-19(14-18)23-15-27-28-25(23)21-9-5-13-29(17-21)16-20-8-3-11-24-22(20)10-4-12-26-24/h2-4,6-8,10-12,14-15,21H,5,9,13,16-17H2,1H3,(H,27,28). The van der Waals surface area contributed by atoms with Gasteiger partial charge in [-0.05, 0) is 49.6 Å². The van der Waals surface area contributed by atoms with Gasteiger partial charge in [0.25, 0.3) is 0 Å². The average molecular weight is 383 g/mol. The van der Waals surface area contributed by atoms with Gasteiger partial charge in [-0.1, -0.05) is 48.0 Å². The van der Waals surface area contributed by atoms with E-state index in [-0.39, 0.29) is 0 Å². The van der Waals surface area contributed by atoms with Crippen molar-refractivity contribution in [3.8, 4) is 11.1 Å². The summed E-state index contributed by atoms with van der Waals surface area (Å²) >= 11 is 0. The van der Waals surface area contributed by atoms with Crippen molar-refractivity contribution in [2.75, 3.05) is 13.1 Å². The molecule has 4 aromatic rings. The Morgan fingerprint density at radius 2 is 2.03 bits per heavy atom. The summed E-state index contributed by atoms with van der Waals surface area (Å²) in [5.74, 6) is 0.481. The van der Waals surface area contributed by atoms with Crippen LogP contribution in [-0.4, -0.2) is 33.2 Å². The molecule has 1 unspecified atom stereocenters. The molecule has 0 aliphatic carbocycles. The van der Waals surface area contributed by atoms with Crippen LogP contribution in [-0.2, 0) is 6.54 Å². The summed E-state index contributed by atoms with van der Waals surface area (Å²) in [6.45, 7) is 5.30. The first-order valence-electron chi connectivity index (χ1n) is 10.4. The minimum absolute atomic E-state index is 0.481. The molecule has 1 aliphatic rings. The molecule has 2 aromatic heterocycles. The van der Waals surface area contributed by atoms with E-state index in [1.807, 2.05) is 18.5 Å². The number of aromatic nitrogens is 3. The van der Waals surface area contributed by atoms with Crippen LogP contribution >= 0.6 is 0 Å². The zero-order valence-corrected chi connectivity index (χ0v) is 16.8. The van der Waals surface area contributed by atoms with Gasteiger partial charge in [-0.25, -0.2) is 0 Å². The summed E-state index contributed by atoms with van der Waals surface area (Å²) in [6.07, 6.45) is 6.27. The van der Waals surface area contributed by atoms with Crippen molar-refractivity contribution < 1.29 is 0 Å². The molecule has 0 bridgehead atoms. The highest BCUT2D eigenvalue weighted by atomic mass is 15.2. The fourth-order valence-electron chi connectivity index (χ4n) is 4.63. The molecule has 1 atom stereocenters. The Balaban J connectivity index is 1.39.